The smallest absolute Gasteiger partial charge is 0.228 e. The molecule has 106 valence electrons. The van der Waals surface area contributed by atoms with Gasteiger partial charge in [-0.3, -0.25) is 4.79 Å². The Kier molecular flexibility index (Phi) is 6.05. The molecule has 1 aromatic rings. The standard InChI is InChI=1S/C13H20N4O.ClH/c1-17(2)11-3-4-12(15-9-11)16-13(18)10-5-7-14-8-6-10;/h3-4,9-10,14H,5-8H2,1-2H3,(H,15,16,18);1H. The summed E-state index contributed by atoms with van der Waals surface area (Å²) in [7, 11) is 3.93. The number of piperidine rings is 1. The highest BCUT2D eigenvalue weighted by Gasteiger charge is 2.20. The predicted molar refractivity (Wildman–Crippen MR) is 80.0 cm³/mol. The zero-order chi connectivity index (χ0) is 13.0. The summed E-state index contributed by atoms with van der Waals surface area (Å²) < 4.78 is 0. The van der Waals surface area contributed by atoms with Gasteiger partial charge in [0.25, 0.3) is 0 Å². The van der Waals surface area contributed by atoms with Crippen molar-refractivity contribution in [3.05, 3.63) is 18.3 Å². The monoisotopic (exact) mass is 284 g/mol. The summed E-state index contributed by atoms with van der Waals surface area (Å²) in [5.74, 6) is 0.826. The Labute approximate surface area is 120 Å². The predicted octanol–water partition coefficient (Wildman–Crippen LogP) is 1.51. The highest BCUT2D eigenvalue weighted by molar-refractivity contribution is 5.91. The molecule has 19 heavy (non-hydrogen) atoms. The van der Waals surface area contributed by atoms with Crippen LogP contribution >= 0.6 is 12.4 Å². The van der Waals surface area contributed by atoms with Crippen LogP contribution in [-0.4, -0.2) is 38.1 Å². The maximum absolute atomic E-state index is 12.0. The van der Waals surface area contributed by atoms with Gasteiger partial charge in [0.15, 0.2) is 0 Å². The van der Waals surface area contributed by atoms with Gasteiger partial charge in [-0.15, -0.1) is 12.4 Å². The number of halogens is 1. The van der Waals surface area contributed by atoms with Crippen LogP contribution in [0, 0.1) is 5.92 Å². The van der Waals surface area contributed by atoms with Crippen LogP contribution in [-0.2, 0) is 4.79 Å². The summed E-state index contributed by atoms with van der Waals surface area (Å²) in [5.41, 5.74) is 1.02. The lowest BCUT2D eigenvalue weighted by molar-refractivity contribution is -0.120. The first-order chi connectivity index (χ1) is 8.66. The molecule has 0 unspecified atom stereocenters. The molecule has 1 aromatic heterocycles. The molecule has 5 nitrogen and oxygen atoms in total. The van der Waals surface area contributed by atoms with E-state index in [1.54, 1.807) is 6.20 Å². The van der Waals surface area contributed by atoms with Crippen LogP contribution in [0.15, 0.2) is 18.3 Å². The number of carbonyl (C=O) groups excluding carboxylic acids is 1. The summed E-state index contributed by atoms with van der Waals surface area (Å²) in [6, 6.07) is 3.79. The number of amides is 1. The Bertz CT molecular complexity index is 402. The van der Waals surface area contributed by atoms with Crippen LogP contribution in [0.5, 0.6) is 0 Å². The van der Waals surface area contributed by atoms with E-state index in [1.807, 2.05) is 31.1 Å². The van der Waals surface area contributed by atoms with Crippen molar-refractivity contribution in [2.24, 2.45) is 5.92 Å². The van der Waals surface area contributed by atoms with Gasteiger partial charge >= 0.3 is 0 Å². The molecule has 0 aromatic carbocycles. The van der Waals surface area contributed by atoms with Gasteiger partial charge in [0.2, 0.25) is 5.91 Å². The summed E-state index contributed by atoms with van der Waals surface area (Å²) in [6.45, 7) is 1.84. The van der Waals surface area contributed by atoms with E-state index in [-0.39, 0.29) is 24.2 Å². The molecule has 0 saturated carbocycles. The van der Waals surface area contributed by atoms with E-state index < -0.39 is 0 Å². The van der Waals surface area contributed by atoms with Crippen molar-refractivity contribution in [1.82, 2.24) is 10.3 Å². The maximum Gasteiger partial charge on any atom is 0.228 e. The topological polar surface area (TPSA) is 57.3 Å². The molecule has 0 atom stereocenters. The quantitative estimate of drug-likeness (QED) is 0.883. The van der Waals surface area contributed by atoms with Crippen molar-refractivity contribution in [2.75, 3.05) is 37.4 Å². The fraction of sp³-hybridized carbons (Fsp3) is 0.538. The van der Waals surface area contributed by atoms with Gasteiger partial charge in [-0.25, -0.2) is 4.98 Å². The normalized spacial score (nSPS) is 15.5. The first-order valence-electron chi connectivity index (χ1n) is 6.32. The zero-order valence-corrected chi connectivity index (χ0v) is 12.2. The van der Waals surface area contributed by atoms with Gasteiger partial charge in [-0.1, -0.05) is 0 Å². The molecule has 2 rings (SSSR count). The van der Waals surface area contributed by atoms with Crippen molar-refractivity contribution in [1.29, 1.82) is 0 Å². The highest BCUT2D eigenvalue weighted by Crippen LogP contribution is 2.16. The molecule has 6 heteroatoms. The van der Waals surface area contributed by atoms with Gasteiger partial charge in [0, 0.05) is 20.0 Å². The maximum atomic E-state index is 12.0. The second-order valence-corrected chi connectivity index (χ2v) is 4.81. The molecule has 1 amide bonds. The minimum atomic E-state index is 0. The first kappa shape index (κ1) is 15.7. The second-order valence-electron chi connectivity index (χ2n) is 4.81. The van der Waals surface area contributed by atoms with Crippen molar-refractivity contribution in [3.8, 4) is 0 Å². The SMILES string of the molecule is CN(C)c1ccc(NC(=O)C2CCNCC2)nc1.Cl. The molecule has 2 heterocycles. The average Bonchev–Trinajstić information content (AvgIpc) is 2.40. The fourth-order valence-electron chi connectivity index (χ4n) is 2.04. The number of anilines is 2. The van der Waals surface area contributed by atoms with E-state index >= 15 is 0 Å². The average molecular weight is 285 g/mol. The van der Waals surface area contributed by atoms with Gasteiger partial charge in [-0.2, -0.15) is 0 Å². The van der Waals surface area contributed by atoms with Crippen molar-refractivity contribution >= 4 is 29.8 Å². The molecule has 1 fully saturated rings. The van der Waals surface area contributed by atoms with Crippen molar-refractivity contribution in [2.45, 2.75) is 12.8 Å². The van der Waals surface area contributed by atoms with E-state index in [4.69, 9.17) is 0 Å². The number of pyridine rings is 1. The molecule has 0 spiro atoms. The zero-order valence-electron chi connectivity index (χ0n) is 11.3. The Hall–Kier alpha value is -1.33. The molecule has 2 N–H and O–H groups in total. The van der Waals surface area contributed by atoms with Crippen LogP contribution in [0.3, 0.4) is 0 Å². The van der Waals surface area contributed by atoms with Gasteiger partial charge in [0.1, 0.15) is 5.82 Å². The number of rotatable bonds is 3. The number of carbonyl (C=O) groups is 1. The fourth-order valence-corrected chi connectivity index (χ4v) is 2.04. The largest absolute Gasteiger partial charge is 0.376 e. The number of nitrogens with zero attached hydrogens (tertiary/aromatic N) is 2. The Morgan fingerprint density at radius 3 is 2.58 bits per heavy atom. The lowest BCUT2D eigenvalue weighted by atomic mass is 9.97. The third kappa shape index (κ3) is 4.36. The van der Waals surface area contributed by atoms with E-state index in [1.165, 1.54) is 0 Å². The van der Waals surface area contributed by atoms with Crippen LogP contribution in [0.4, 0.5) is 11.5 Å². The van der Waals surface area contributed by atoms with Gasteiger partial charge < -0.3 is 15.5 Å². The Morgan fingerprint density at radius 1 is 1.37 bits per heavy atom. The first-order valence-corrected chi connectivity index (χ1v) is 6.32. The molecule has 0 bridgehead atoms. The van der Waals surface area contributed by atoms with E-state index in [9.17, 15) is 4.79 Å². The molecule has 0 aliphatic carbocycles. The molecular formula is C13H21ClN4O. The van der Waals surface area contributed by atoms with Crippen LogP contribution in [0.25, 0.3) is 0 Å². The minimum absolute atomic E-state index is 0. The summed E-state index contributed by atoms with van der Waals surface area (Å²) >= 11 is 0. The second kappa shape index (κ2) is 7.31. The molecule has 1 aliphatic rings. The number of hydrogen-bond acceptors (Lipinski definition) is 4. The summed E-state index contributed by atoms with van der Waals surface area (Å²) in [5, 5.41) is 6.13. The van der Waals surface area contributed by atoms with Crippen molar-refractivity contribution in [3.63, 3.8) is 0 Å². The molecule has 0 radical (unpaired) electrons. The summed E-state index contributed by atoms with van der Waals surface area (Å²) in [4.78, 5) is 18.2. The summed E-state index contributed by atoms with van der Waals surface area (Å²) in [6.07, 6.45) is 3.57. The minimum Gasteiger partial charge on any atom is -0.376 e. The Balaban J connectivity index is 0.00000180. The van der Waals surface area contributed by atoms with E-state index in [2.05, 4.69) is 15.6 Å². The number of aromatic nitrogens is 1. The number of nitrogens with one attached hydrogen (secondary N) is 2. The lowest BCUT2D eigenvalue weighted by Gasteiger charge is -2.21. The van der Waals surface area contributed by atoms with E-state index in [0.29, 0.717) is 5.82 Å². The molecule has 1 aliphatic heterocycles. The highest BCUT2D eigenvalue weighted by atomic mass is 35.5. The van der Waals surface area contributed by atoms with Crippen LogP contribution in [0.2, 0.25) is 0 Å². The van der Waals surface area contributed by atoms with E-state index in [0.717, 1.165) is 31.6 Å². The third-order valence-corrected chi connectivity index (χ3v) is 3.23. The molecular weight excluding hydrogens is 264 g/mol. The Morgan fingerprint density at radius 2 is 2.05 bits per heavy atom. The van der Waals surface area contributed by atoms with Crippen LogP contribution in [0.1, 0.15) is 12.8 Å². The van der Waals surface area contributed by atoms with Gasteiger partial charge in [-0.05, 0) is 38.1 Å². The van der Waals surface area contributed by atoms with Crippen molar-refractivity contribution < 1.29 is 4.79 Å². The lowest BCUT2D eigenvalue weighted by Crippen LogP contribution is -2.34. The number of hydrogen-bond donors (Lipinski definition) is 2. The van der Waals surface area contributed by atoms with Gasteiger partial charge in [0.05, 0.1) is 11.9 Å². The molecule has 1 saturated heterocycles. The third-order valence-electron chi connectivity index (χ3n) is 3.23. The van der Waals surface area contributed by atoms with Crippen LogP contribution < -0.4 is 15.5 Å².